The van der Waals surface area contributed by atoms with Crippen molar-refractivity contribution in [2.75, 3.05) is 25.6 Å². The number of benzene rings is 2. The summed E-state index contributed by atoms with van der Waals surface area (Å²) in [5.41, 5.74) is 2.32. The number of nitrogens with one attached hydrogen (secondary N) is 1. The van der Waals surface area contributed by atoms with Crippen LogP contribution in [0, 0.1) is 0 Å². The van der Waals surface area contributed by atoms with Crippen molar-refractivity contribution in [3.8, 4) is 17.2 Å². The molecule has 0 unspecified atom stereocenters. The van der Waals surface area contributed by atoms with Crippen molar-refractivity contribution in [2.24, 2.45) is 0 Å². The fourth-order valence-electron chi connectivity index (χ4n) is 3.78. The predicted molar refractivity (Wildman–Crippen MR) is 121 cm³/mol. The molecule has 8 nitrogen and oxygen atoms in total. The van der Waals surface area contributed by atoms with Gasteiger partial charge in [0, 0.05) is 18.0 Å². The fraction of sp³-hybridized carbons (Fsp3) is 0.160. The number of methoxy groups -OCH3 is 1. The Kier molecular flexibility index (Phi) is 5.40. The molecule has 2 amide bonds. The summed E-state index contributed by atoms with van der Waals surface area (Å²) < 4.78 is 16.4. The third-order valence-corrected chi connectivity index (χ3v) is 5.40. The average molecular weight is 443 g/mol. The van der Waals surface area contributed by atoms with Gasteiger partial charge in [0.1, 0.15) is 24.7 Å². The molecule has 166 valence electrons. The molecule has 0 radical (unpaired) electrons. The molecule has 0 spiro atoms. The second-order valence-electron chi connectivity index (χ2n) is 7.48. The number of hydrogen-bond donors (Lipinski definition) is 1. The second-order valence-corrected chi connectivity index (χ2v) is 7.48. The zero-order chi connectivity index (χ0) is 22.8. The molecule has 33 heavy (non-hydrogen) atoms. The molecule has 2 aliphatic rings. The summed E-state index contributed by atoms with van der Waals surface area (Å²) >= 11 is 0. The molecule has 0 saturated carbocycles. The van der Waals surface area contributed by atoms with Crippen LogP contribution in [0.15, 0.2) is 72.6 Å². The van der Waals surface area contributed by atoms with E-state index in [0.717, 1.165) is 0 Å². The third kappa shape index (κ3) is 3.98. The normalized spacial score (nSPS) is 15.1. The molecule has 1 N–H and O–H groups in total. The highest BCUT2D eigenvalue weighted by Crippen LogP contribution is 2.36. The second kappa shape index (κ2) is 8.66. The topological polar surface area (TPSA) is 90.0 Å². The number of nitrogens with zero attached hydrogens (tertiary/aromatic N) is 2. The van der Waals surface area contributed by atoms with Crippen LogP contribution < -0.4 is 19.5 Å². The minimum atomic E-state index is -0.425. The van der Waals surface area contributed by atoms with Crippen LogP contribution in [0.3, 0.4) is 0 Å². The van der Waals surface area contributed by atoms with E-state index in [4.69, 9.17) is 14.2 Å². The van der Waals surface area contributed by atoms with Gasteiger partial charge in [0.25, 0.3) is 11.8 Å². The molecule has 0 atom stereocenters. The van der Waals surface area contributed by atoms with E-state index in [-0.39, 0.29) is 17.8 Å². The van der Waals surface area contributed by atoms with Crippen molar-refractivity contribution >= 4 is 23.1 Å². The van der Waals surface area contributed by atoms with Gasteiger partial charge in [-0.1, -0.05) is 18.2 Å². The Balaban J connectivity index is 1.52. The molecule has 0 saturated heterocycles. The zero-order valence-corrected chi connectivity index (χ0v) is 17.9. The number of amides is 2. The first-order valence-corrected chi connectivity index (χ1v) is 10.5. The summed E-state index contributed by atoms with van der Waals surface area (Å²) in [7, 11) is 1.57. The summed E-state index contributed by atoms with van der Waals surface area (Å²) in [6.45, 7) is 1.01. The smallest absolute Gasteiger partial charge is 0.278 e. The molecular formula is C25H21N3O5. The highest BCUT2D eigenvalue weighted by atomic mass is 16.6. The SMILES string of the molecule is COc1ccc(C2=C(Nc3ccc4c(c3)OCCO4)C(=O)N(Cc3ccccn3)C2=O)cc1. The van der Waals surface area contributed by atoms with Gasteiger partial charge in [0.2, 0.25) is 0 Å². The van der Waals surface area contributed by atoms with Gasteiger partial charge in [-0.05, 0) is 42.0 Å². The maximum atomic E-state index is 13.4. The Morgan fingerprint density at radius 3 is 2.48 bits per heavy atom. The van der Waals surface area contributed by atoms with E-state index in [1.165, 1.54) is 4.90 Å². The van der Waals surface area contributed by atoms with Crippen molar-refractivity contribution in [1.29, 1.82) is 0 Å². The lowest BCUT2D eigenvalue weighted by molar-refractivity contribution is -0.137. The van der Waals surface area contributed by atoms with Crippen LogP contribution in [0.5, 0.6) is 17.2 Å². The Labute approximate surface area is 190 Å². The molecule has 5 rings (SSSR count). The number of pyridine rings is 1. The van der Waals surface area contributed by atoms with E-state index < -0.39 is 11.8 Å². The van der Waals surface area contributed by atoms with Gasteiger partial charge in [-0.15, -0.1) is 0 Å². The number of hydrogen-bond acceptors (Lipinski definition) is 7. The standard InChI is InChI=1S/C25H21N3O5/c1-31-19-8-5-16(6-9-19)22-23(27-17-7-10-20-21(14-17)33-13-12-32-20)25(30)28(24(22)29)15-18-4-2-3-11-26-18/h2-11,14,27H,12-13,15H2,1H3. The van der Waals surface area contributed by atoms with Crippen molar-refractivity contribution in [3.05, 3.63) is 83.8 Å². The molecule has 1 aromatic heterocycles. The van der Waals surface area contributed by atoms with Crippen molar-refractivity contribution in [1.82, 2.24) is 9.88 Å². The highest BCUT2D eigenvalue weighted by molar-refractivity contribution is 6.36. The van der Waals surface area contributed by atoms with Crippen LogP contribution in [-0.2, 0) is 16.1 Å². The van der Waals surface area contributed by atoms with Gasteiger partial charge < -0.3 is 19.5 Å². The van der Waals surface area contributed by atoms with Gasteiger partial charge in [-0.3, -0.25) is 19.5 Å². The summed E-state index contributed by atoms with van der Waals surface area (Å²) in [6.07, 6.45) is 1.63. The van der Waals surface area contributed by atoms with E-state index in [2.05, 4.69) is 10.3 Å². The largest absolute Gasteiger partial charge is 0.497 e. The van der Waals surface area contributed by atoms with Gasteiger partial charge in [-0.2, -0.15) is 0 Å². The maximum Gasteiger partial charge on any atom is 0.278 e. The van der Waals surface area contributed by atoms with E-state index in [1.807, 2.05) is 6.07 Å². The van der Waals surface area contributed by atoms with Gasteiger partial charge in [0.05, 0.1) is 24.9 Å². The Bertz CT molecular complexity index is 1240. The van der Waals surface area contributed by atoms with Crippen molar-refractivity contribution in [2.45, 2.75) is 6.54 Å². The van der Waals surface area contributed by atoms with E-state index in [9.17, 15) is 9.59 Å². The van der Waals surface area contributed by atoms with Gasteiger partial charge >= 0.3 is 0 Å². The molecule has 3 heterocycles. The molecule has 3 aromatic rings. The predicted octanol–water partition coefficient (Wildman–Crippen LogP) is 3.25. The summed E-state index contributed by atoms with van der Waals surface area (Å²) in [6, 6.07) is 17.7. The number of carbonyl (C=O) groups is 2. The summed E-state index contributed by atoms with van der Waals surface area (Å²) in [4.78, 5) is 32.3. The molecule has 0 fully saturated rings. The van der Waals surface area contributed by atoms with Crippen LogP contribution in [0.25, 0.3) is 5.57 Å². The number of aromatic nitrogens is 1. The molecule has 2 aliphatic heterocycles. The van der Waals surface area contributed by atoms with E-state index in [1.54, 1.807) is 67.9 Å². The average Bonchev–Trinajstić information content (AvgIpc) is 3.09. The van der Waals surface area contributed by atoms with Crippen LogP contribution >= 0.6 is 0 Å². The van der Waals surface area contributed by atoms with Crippen LogP contribution in [0.1, 0.15) is 11.3 Å². The number of ether oxygens (including phenoxy) is 3. The number of rotatable bonds is 6. The van der Waals surface area contributed by atoms with Gasteiger partial charge in [0.15, 0.2) is 11.5 Å². The Morgan fingerprint density at radius 2 is 1.76 bits per heavy atom. The molecule has 2 aromatic carbocycles. The maximum absolute atomic E-state index is 13.4. The first-order chi connectivity index (χ1) is 16.1. The molecule has 0 aliphatic carbocycles. The first-order valence-electron chi connectivity index (χ1n) is 10.5. The van der Waals surface area contributed by atoms with E-state index in [0.29, 0.717) is 47.4 Å². The van der Waals surface area contributed by atoms with Crippen molar-refractivity contribution < 1.29 is 23.8 Å². The summed E-state index contributed by atoms with van der Waals surface area (Å²) in [5.74, 6) is 1.06. The van der Waals surface area contributed by atoms with Crippen LogP contribution in [-0.4, -0.2) is 42.0 Å². The molecular weight excluding hydrogens is 422 g/mol. The monoisotopic (exact) mass is 443 g/mol. The number of carbonyl (C=O) groups excluding carboxylic acids is 2. The van der Waals surface area contributed by atoms with Crippen molar-refractivity contribution in [3.63, 3.8) is 0 Å². The van der Waals surface area contributed by atoms with Gasteiger partial charge in [-0.25, -0.2) is 0 Å². The van der Waals surface area contributed by atoms with Crippen LogP contribution in [0.4, 0.5) is 5.69 Å². The lowest BCUT2D eigenvalue weighted by Gasteiger charge is -2.19. The van der Waals surface area contributed by atoms with E-state index >= 15 is 0 Å². The number of fused-ring (bicyclic) bond motifs is 1. The quantitative estimate of drug-likeness (QED) is 0.585. The Morgan fingerprint density at radius 1 is 0.970 bits per heavy atom. The zero-order valence-electron chi connectivity index (χ0n) is 17.9. The minimum Gasteiger partial charge on any atom is -0.497 e. The molecule has 8 heteroatoms. The summed E-state index contributed by atoms with van der Waals surface area (Å²) in [5, 5.41) is 3.14. The number of imide groups is 1. The fourth-order valence-corrected chi connectivity index (χ4v) is 3.78. The lowest BCUT2D eigenvalue weighted by atomic mass is 10.0. The minimum absolute atomic E-state index is 0.0739. The Hall–Kier alpha value is -4.33. The molecule has 0 bridgehead atoms. The van der Waals surface area contributed by atoms with Crippen LogP contribution in [0.2, 0.25) is 0 Å². The third-order valence-electron chi connectivity index (χ3n) is 5.40. The number of anilines is 1. The lowest BCUT2D eigenvalue weighted by Crippen LogP contribution is -2.32. The highest BCUT2D eigenvalue weighted by Gasteiger charge is 2.39. The first kappa shape index (κ1) is 20.6.